The molecule has 0 aliphatic rings. The number of carbonyl (C=O) groups is 2. The smallest absolute Gasteiger partial charge is 0.251 e. The van der Waals surface area contributed by atoms with Gasteiger partial charge in [-0.3, -0.25) is 9.59 Å². The minimum atomic E-state index is -0.651. The maximum atomic E-state index is 13.0. The molecule has 0 fully saturated rings. The molecule has 1 aromatic heterocycles. The van der Waals surface area contributed by atoms with Crippen LogP contribution in [-0.4, -0.2) is 34.0 Å². The Hall–Kier alpha value is -3.61. The highest BCUT2D eigenvalue weighted by molar-refractivity contribution is 5.97. The molecule has 3 rings (SSSR count). The highest BCUT2D eigenvalue weighted by Gasteiger charge is 2.26. The largest absolute Gasteiger partial charge is 0.494 e. The van der Waals surface area contributed by atoms with Crippen molar-refractivity contribution >= 4 is 11.8 Å². The first-order chi connectivity index (χ1) is 15.4. The van der Waals surface area contributed by atoms with Crippen LogP contribution in [-0.2, 0) is 4.79 Å². The van der Waals surface area contributed by atoms with Crippen LogP contribution >= 0.6 is 0 Å². The van der Waals surface area contributed by atoms with Crippen LogP contribution in [0.1, 0.15) is 49.7 Å². The molecule has 2 N–H and O–H groups in total. The molecule has 2 aromatic carbocycles. The summed E-state index contributed by atoms with van der Waals surface area (Å²) in [7, 11) is 0. The fourth-order valence-electron chi connectivity index (χ4n) is 3.36. The Balaban J connectivity index is 1.63. The minimum absolute atomic E-state index is 0.0718. The molecule has 32 heavy (non-hydrogen) atoms. The average Bonchev–Trinajstić information content (AvgIpc) is 3.33. The van der Waals surface area contributed by atoms with Crippen molar-refractivity contribution in [3.8, 4) is 11.4 Å². The zero-order valence-corrected chi connectivity index (χ0v) is 18.9. The van der Waals surface area contributed by atoms with Crippen LogP contribution in [0.5, 0.6) is 5.75 Å². The minimum Gasteiger partial charge on any atom is -0.494 e. The number of benzene rings is 2. The number of carbonyl (C=O) groups excluding carboxylic acids is 2. The highest BCUT2D eigenvalue weighted by atomic mass is 16.5. The molecule has 0 radical (unpaired) electrons. The molecular formula is C25H30N4O3. The van der Waals surface area contributed by atoms with E-state index in [-0.39, 0.29) is 23.8 Å². The summed E-state index contributed by atoms with van der Waals surface area (Å²) >= 11 is 0. The van der Waals surface area contributed by atoms with E-state index in [2.05, 4.69) is 15.6 Å². The first kappa shape index (κ1) is 23.1. The van der Waals surface area contributed by atoms with Gasteiger partial charge in [0.15, 0.2) is 0 Å². The van der Waals surface area contributed by atoms with Crippen LogP contribution < -0.4 is 15.4 Å². The van der Waals surface area contributed by atoms with E-state index < -0.39 is 6.04 Å². The Labute approximate surface area is 188 Å². The van der Waals surface area contributed by atoms with Gasteiger partial charge in [-0.25, -0.2) is 4.98 Å². The summed E-state index contributed by atoms with van der Waals surface area (Å²) in [6.45, 7) is 8.21. The van der Waals surface area contributed by atoms with Crippen LogP contribution in [0.25, 0.3) is 5.69 Å². The van der Waals surface area contributed by atoms with Crippen LogP contribution in [0, 0.1) is 5.92 Å². The van der Waals surface area contributed by atoms with Gasteiger partial charge in [-0.15, -0.1) is 0 Å². The predicted octanol–water partition coefficient (Wildman–Crippen LogP) is 3.90. The van der Waals surface area contributed by atoms with E-state index in [0.29, 0.717) is 17.9 Å². The van der Waals surface area contributed by atoms with Crippen LogP contribution in [0.2, 0.25) is 0 Å². The second-order valence-corrected chi connectivity index (χ2v) is 7.94. The van der Waals surface area contributed by atoms with Gasteiger partial charge in [-0.05, 0) is 61.7 Å². The molecule has 7 heteroatoms. The summed E-state index contributed by atoms with van der Waals surface area (Å²) in [6, 6.07) is 13.9. The van der Waals surface area contributed by atoms with Crippen LogP contribution in [0.15, 0.2) is 67.3 Å². The summed E-state index contributed by atoms with van der Waals surface area (Å²) in [4.78, 5) is 29.7. The van der Waals surface area contributed by atoms with E-state index in [9.17, 15) is 9.59 Å². The third-order valence-electron chi connectivity index (χ3n) is 5.22. The van der Waals surface area contributed by atoms with E-state index in [1.807, 2.05) is 62.7 Å². The standard InChI is InChI=1S/C25H30N4O3/c1-5-32-22-12-8-20(9-13-22)24(30)28-23(17(2)3)25(31)27-18(4)19-6-10-21(11-7-19)29-15-14-26-16-29/h6-18,23H,5H2,1-4H3,(H,27,31)(H,28,30)/t18?,23-/m0/s1. The van der Waals surface area contributed by atoms with Gasteiger partial charge in [0, 0.05) is 23.6 Å². The highest BCUT2D eigenvalue weighted by Crippen LogP contribution is 2.17. The number of ether oxygens (including phenoxy) is 1. The molecule has 2 amide bonds. The monoisotopic (exact) mass is 434 g/mol. The first-order valence-corrected chi connectivity index (χ1v) is 10.8. The van der Waals surface area contributed by atoms with Gasteiger partial charge in [0.2, 0.25) is 5.91 Å². The second kappa shape index (κ2) is 10.6. The number of hydrogen-bond donors (Lipinski definition) is 2. The predicted molar refractivity (Wildman–Crippen MR) is 124 cm³/mol. The van der Waals surface area contributed by atoms with Crippen molar-refractivity contribution in [1.29, 1.82) is 0 Å². The van der Waals surface area contributed by atoms with Crippen molar-refractivity contribution in [2.24, 2.45) is 5.92 Å². The lowest BCUT2D eigenvalue weighted by molar-refractivity contribution is -0.124. The Kier molecular flexibility index (Phi) is 7.65. The van der Waals surface area contributed by atoms with Crippen molar-refractivity contribution in [2.45, 2.75) is 39.8 Å². The quantitative estimate of drug-likeness (QED) is 0.535. The lowest BCUT2D eigenvalue weighted by Crippen LogP contribution is -2.50. The number of nitrogens with one attached hydrogen (secondary N) is 2. The summed E-state index contributed by atoms with van der Waals surface area (Å²) in [5.74, 6) is 0.122. The van der Waals surface area contributed by atoms with E-state index in [4.69, 9.17) is 4.74 Å². The lowest BCUT2D eigenvalue weighted by Gasteiger charge is -2.24. The Morgan fingerprint density at radius 2 is 1.69 bits per heavy atom. The van der Waals surface area contributed by atoms with E-state index in [0.717, 1.165) is 11.3 Å². The molecule has 0 aliphatic heterocycles. The van der Waals surface area contributed by atoms with Crippen molar-refractivity contribution in [3.05, 3.63) is 78.4 Å². The number of nitrogens with zero attached hydrogens (tertiary/aromatic N) is 2. The molecule has 168 valence electrons. The zero-order valence-electron chi connectivity index (χ0n) is 18.9. The maximum Gasteiger partial charge on any atom is 0.251 e. The molecule has 0 aliphatic carbocycles. The molecule has 2 atom stereocenters. The summed E-state index contributed by atoms with van der Waals surface area (Å²) in [6.07, 6.45) is 5.34. The molecule has 0 spiro atoms. The number of imidazole rings is 1. The van der Waals surface area contributed by atoms with E-state index in [1.54, 1.807) is 36.8 Å². The van der Waals surface area contributed by atoms with Crippen LogP contribution in [0.4, 0.5) is 0 Å². The number of rotatable bonds is 9. The normalized spacial score (nSPS) is 12.8. The fraction of sp³-hybridized carbons (Fsp3) is 0.320. The maximum absolute atomic E-state index is 13.0. The number of aromatic nitrogens is 2. The van der Waals surface area contributed by atoms with Gasteiger partial charge < -0.3 is 19.9 Å². The Bertz CT molecular complexity index is 1010. The van der Waals surface area contributed by atoms with Crippen molar-refractivity contribution < 1.29 is 14.3 Å². The van der Waals surface area contributed by atoms with Crippen molar-refractivity contribution in [3.63, 3.8) is 0 Å². The van der Waals surface area contributed by atoms with Crippen molar-refractivity contribution in [1.82, 2.24) is 20.2 Å². The number of hydrogen-bond acceptors (Lipinski definition) is 4. The summed E-state index contributed by atoms with van der Waals surface area (Å²) in [5, 5.41) is 5.89. The van der Waals surface area contributed by atoms with Gasteiger partial charge in [0.1, 0.15) is 11.8 Å². The third kappa shape index (κ3) is 5.75. The molecule has 1 heterocycles. The topological polar surface area (TPSA) is 85.2 Å². The van der Waals surface area contributed by atoms with E-state index in [1.165, 1.54) is 0 Å². The van der Waals surface area contributed by atoms with Gasteiger partial charge in [-0.2, -0.15) is 0 Å². The molecule has 0 bridgehead atoms. The Morgan fingerprint density at radius 1 is 1.00 bits per heavy atom. The summed E-state index contributed by atoms with van der Waals surface area (Å²) in [5.41, 5.74) is 2.45. The number of amides is 2. The van der Waals surface area contributed by atoms with Gasteiger partial charge in [0.05, 0.1) is 19.0 Å². The molecule has 3 aromatic rings. The third-order valence-corrected chi connectivity index (χ3v) is 5.22. The second-order valence-electron chi connectivity index (χ2n) is 7.94. The van der Waals surface area contributed by atoms with E-state index >= 15 is 0 Å². The summed E-state index contributed by atoms with van der Waals surface area (Å²) < 4.78 is 7.33. The molecular weight excluding hydrogens is 404 g/mol. The van der Waals surface area contributed by atoms with Gasteiger partial charge >= 0.3 is 0 Å². The van der Waals surface area contributed by atoms with Gasteiger partial charge in [0.25, 0.3) is 5.91 Å². The molecule has 0 saturated carbocycles. The fourth-order valence-corrected chi connectivity index (χ4v) is 3.36. The SMILES string of the molecule is CCOc1ccc(C(=O)N[C@H](C(=O)NC(C)c2ccc(-n3ccnc3)cc2)C(C)C)cc1. The lowest BCUT2D eigenvalue weighted by atomic mass is 10.0. The average molecular weight is 435 g/mol. The first-order valence-electron chi connectivity index (χ1n) is 10.8. The van der Waals surface area contributed by atoms with Crippen molar-refractivity contribution in [2.75, 3.05) is 6.61 Å². The zero-order chi connectivity index (χ0) is 23.1. The molecule has 7 nitrogen and oxygen atoms in total. The Morgan fingerprint density at radius 3 is 2.25 bits per heavy atom. The molecule has 1 unspecified atom stereocenters. The van der Waals surface area contributed by atoms with Crippen LogP contribution in [0.3, 0.4) is 0 Å². The van der Waals surface area contributed by atoms with Gasteiger partial charge in [-0.1, -0.05) is 26.0 Å². The molecule has 0 saturated heterocycles.